The van der Waals surface area contributed by atoms with Crippen LogP contribution < -0.4 is 10.2 Å². The zero-order valence-corrected chi connectivity index (χ0v) is 12.3. The number of aliphatic hydroxyl groups is 8. The summed E-state index contributed by atoms with van der Waals surface area (Å²) >= 11 is 0. The monoisotopic (exact) mass is 393 g/mol. The fourth-order valence-corrected chi connectivity index (χ4v) is 0.916. The number of carboxylic acid groups (broad SMARTS) is 2. The van der Waals surface area contributed by atoms with Gasteiger partial charge < -0.3 is 60.7 Å². The Morgan fingerprint density at radius 2 is 0.913 bits per heavy atom. The van der Waals surface area contributed by atoms with Crippen LogP contribution in [0, 0.1) is 0 Å². The molecule has 0 aromatic carbocycles. The zero-order chi connectivity index (χ0) is 18.0. The summed E-state index contributed by atoms with van der Waals surface area (Å²) in [6, 6.07) is 0. The molecule has 0 aliphatic heterocycles. The van der Waals surface area contributed by atoms with Crippen LogP contribution in [0.15, 0.2) is 0 Å². The average Bonchev–Trinajstić information content (AvgIpc) is 2.50. The van der Waals surface area contributed by atoms with Gasteiger partial charge in [0.15, 0.2) is 0 Å². The van der Waals surface area contributed by atoms with Gasteiger partial charge in [-0.3, -0.25) is 0 Å². The van der Waals surface area contributed by atoms with Crippen LogP contribution in [-0.2, 0) is 26.7 Å². The maximum absolute atomic E-state index is 9.85. The molecule has 0 saturated heterocycles. The van der Waals surface area contributed by atoms with E-state index in [2.05, 4.69) is 0 Å². The molecule has 141 valence electrons. The van der Waals surface area contributed by atoms with Crippen LogP contribution in [0.5, 0.6) is 0 Å². The minimum Gasteiger partial charge on any atom is -0.547 e. The van der Waals surface area contributed by atoms with E-state index in [1.54, 1.807) is 0 Å². The average molecular weight is 394 g/mol. The second-order valence-corrected chi connectivity index (χ2v) is 4.01. The summed E-state index contributed by atoms with van der Waals surface area (Å²) in [6.07, 6.45) is -11.6. The van der Waals surface area contributed by atoms with Gasteiger partial charge in [0, 0.05) is 0 Å². The van der Waals surface area contributed by atoms with Crippen molar-refractivity contribution < 1.29 is 77.7 Å². The molecule has 8 N–H and O–H groups in total. The van der Waals surface area contributed by atoms with Crippen LogP contribution in [0.1, 0.15) is 0 Å². The van der Waals surface area contributed by atoms with Crippen molar-refractivity contribution in [3.63, 3.8) is 0 Å². The summed E-state index contributed by atoms with van der Waals surface area (Å²) in [6.45, 7) is -1.66. The van der Waals surface area contributed by atoms with Gasteiger partial charge in [-0.2, -0.15) is 0 Å². The van der Waals surface area contributed by atoms with Crippen molar-refractivity contribution in [1.82, 2.24) is 0 Å². The number of carboxylic acids is 2. The molecule has 0 aromatic heterocycles. The first-order chi connectivity index (χ1) is 10.0. The van der Waals surface area contributed by atoms with Crippen molar-refractivity contribution >= 4 is 11.9 Å². The van der Waals surface area contributed by atoms with Crippen LogP contribution in [0.3, 0.4) is 0 Å². The Hall–Kier alpha value is -0.861. The SMILES string of the molecule is O=C([O-])C(O)C(O)C(O)CO.O=C([O-])C(O)C(O)C(O)CO.[Cu+2]. The summed E-state index contributed by atoms with van der Waals surface area (Å²) in [4.78, 5) is 19.7. The van der Waals surface area contributed by atoms with Gasteiger partial charge in [-0.25, -0.2) is 0 Å². The molecule has 0 aliphatic rings. The van der Waals surface area contributed by atoms with E-state index in [1.807, 2.05) is 0 Å². The summed E-state index contributed by atoms with van der Waals surface area (Å²) in [5.41, 5.74) is 0. The third-order valence-corrected chi connectivity index (χ3v) is 2.29. The molecule has 0 fully saturated rings. The molecule has 0 rings (SSSR count). The van der Waals surface area contributed by atoms with Gasteiger partial charge in [0.1, 0.15) is 36.6 Å². The maximum Gasteiger partial charge on any atom is 2.00 e. The van der Waals surface area contributed by atoms with Crippen molar-refractivity contribution in [2.75, 3.05) is 13.2 Å². The van der Waals surface area contributed by atoms with Gasteiger partial charge in [0.25, 0.3) is 0 Å². The molecule has 12 nitrogen and oxygen atoms in total. The normalized spacial score (nSPS) is 18.1. The third kappa shape index (κ3) is 10.5. The largest absolute Gasteiger partial charge is 2.00 e. The van der Waals surface area contributed by atoms with Crippen molar-refractivity contribution in [2.45, 2.75) is 36.6 Å². The number of hydrogen-bond donors (Lipinski definition) is 8. The molecule has 0 amide bonds. The number of aliphatic hydroxyl groups excluding tert-OH is 8. The van der Waals surface area contributed by atoms with Gasteiger partial charge in [-0.05, 0) is 0 Å². The Balaban J connectivity index is -0.000000333. The maximum atomic E-state index is 9.85. The topological polar surface area (TPSA) is 242 Å². The Morgan fingerprint density at radius 3 is 1.04 bits per heavy atom. The van der Waals surface area contributed by atoms with Crippen LogP contribution >= 0.6 is 0 Å². The zero-order valence-electron chi connectivity index (χ0n) is 11.4. The van der Waals surface area contributed by atoms with Gasteiger partial charge in [-0.1, -0.05) is 0 Å². The molecular weight excluding hydrogens is 376 g/mol. The van der Waals surface area contributed by atoms with Crippen LogP contribution in [-0.4, -0.2) is 103 Å². The van der Waals surface area contributed by atoms with Crippen molar-refractivity contribution in [1.29, 1.82) is 0 Å². The molecular formula is C10H18CuO12. The van der Waals surface area contributed by atoms with Crippen LogP contribution in [0.25, 0.3) is 0 Å². The molecule has 0 saturated carbocycles. The van der Waals surface area contributed by atoms with E-state index in [1.165, 1.54) is 0 Å². The Labute approximate surface area is 140 Å². The second kappa shape index (κ2) is 13.6. The van der Waals surface area contributed by atoms with E-state index >= 15 is 0 Å². The molecule has 0 aliphatic carbocycles. The van der Waals surface area contributed by atoms with Gasteiger partial charge >= 0.3 is 17.1 Å². The Morgan fingerprint density at radius 1 is 0.696 bits per heavy atom. The predicted molar refractivity (Wildman–Crippen MR) is 60.2 cm³/mol. The number of aliphatic carboxylic acids is 2. The summed E-state index contributed by atoms with van der Waals surface area (Å²) < 4.78 is 0. The Bertz CT molecular complexity index is 308. The minimum atomic E-state index is -2.18. The van der Waals surface area contributed by atoms with E-state index in [4.69, 9.17) is 40.9 Å². The Kier molecular flexibility index (Phi) is 15.9. The van der Waals surface area contributed by atoms with E-state index in [9.17, 15) is 19.8 Å². The van der Waals surface area contributed by atoms with E-state index in [0.717, 1.165) is 0 Å². The van der Waals surface area contributed by atoms with Crippen molar-refractivity contribution in [3.8, 4) is 0 Å². The first-order valence-corrected chi connectivity index (χ1v) is 5.73. The first kappa shape index (κ1) is 27.0. The smallest absolute Gasteiger partial charge is 0.547 e. The molecule has 1 radical (unpaired) electrons. The molecule has 0 spiro atoms. The van der Waals surface area contributed by atoms with E-state index in [0.29, 0.717) is 0 Å². The standard InChI is InChI=1S/2C5H10O6.Cu/c2*6-1-2(7)3(8)4(9)5(10)11;/h2*2-4,6-9H,1H2,(H,10,11);/q;;+2/p-2. The summed E-state index contributed by atoms with van der Waals surface area (Å²) in [5, 5.41) is 87.7. The molecule has 6 atom stereocenters. The minimum absolute atomic E-state index is 0. The van der Waals surface area contributed by atoms with E-state index < -0.39 is 61.8 Å². The van der Waals surface area contributed by atoms with Crippen molar-refractivity contribution in [2.24, 2.45) is 0 Å². The van der Waals surface area contributed by atoms with Crippen LogP contribution in [0.2, 0.25) is 0 Å². The molecule has 0 heterocycles. The molecule has 0 bridgehead atoms. The van der Waals surface area contributed by atoms with Crippen molar-refractivity contribution in [3.05, 3.63) is 0 Å². The first-order valence-electron chi connectivity index (χ1n) is 5.73. The third-order valence-electron chi connectivity index (χ3n) is 2.29. The molecule has 6 unspecified atom stereocenters. The number of carbonyl (C=O) groups is 2. The fraction of sp³-hybridized carbons (Fsp3) is 0.800. The molecule has 23 heavy (non-hydrogen) atoms. The number of hydrogen-bond acceptors (Lipinski definition) is 12. The summed E-state index contributed by atoms with van der Waals surface area (Å²) in [5.74, 6) is -3.80. The van der Waals surface area contributed by atoms with Gasteiger partial charge in [0.05, 0.1) is 25.2 Å². The summed E-state index contributed by atoms with van der Waals surface area (Å²) in [7, 11) is 0. The predicted octanol–water partition coefficient (Wildman–Crippen LogP) is -8.38. The number of carbonyl (C=O) groups excluding carboxylic acids is 2. The van der Waals surface area contributed by atoms with Crippen LogP contribution in [0.4, 0.5) is 0 Å². The fourth-order valence-electron chi connectivity index (χ4n) is 0.916. The molecule has 13 heteroatoms. The number of rotatable bonds is 8. The van der Waals surface area contributed by atoms with Gasteiger partial charge in [-0.15, -0.1) is 0 Å². The second-order valence-electron chi connectivity index (χ2n) is 4.01. The quantitative estimate of drug-likeness (QED) is 0.179. The van der Waals surface area contributed by atoms with E-state index in [-0.39, 0.29) is 17.1 Å². The van der Waals surface area contributed by atoms with Gasteiger partial charge in [0.2, 0.25) is 0 Å². The molecule has 0 aromatic rings.